The first-order chi connectivity index (χ1) is 8.49. The van der Waals surface area contributed by atoms with Crippen LogP contribution in [0.3, 0.4) is 0 Å². The largest absolute Gasteiger partial charge is 0.377 e. The second-order valence-electron chi connectivity index (χ2n) is 6.22. The highest BCUT2D eigenvalue weighted by atomic mass is 16.5. The maximum absolute atomic E-state index is 5.78. The van der Waals surface area contributed by atoms with Gasteiger partial charge in [-0.2, -0.15) is 0 Å². The third-order valence-corrected chi connectivity index (χ3v) is 4.18. The lowest BCUT2D eigenvalue weighted by atomic mass is 9.84. The van der Waals surface area contributed by atoms with Gasteiger partial charge in [-0.05, 0) is 45.2 Å². The molecule has 3 nitrogen and oxygen atoms in total. The van der Waals surface area contributed by atoms with Gasteiger partial charge in [0.25, 0.3) is 0 Å². The van der Waals surface area contributed by atoms with E-state index in [-0.39, 0.29) is 0 Å². The van der Waals surface area contributed by atoms with Crippen molar-refractivity contribution in [2.45, 2.75) is 59.6 Å². The van der Waals surface area contributed by atoms with Crippen LogP contribution in [0.5, 0.6) is 0 Å². The van der Waals surface area contributed by atoms with Gasteiger partial charge in [-0.1, -0.05) is 20.8 Å². The summed E-state index contributed by atoms with van der Waals surface area (Å²) in [6, 6.07) is 0.551. The predicted octanol–water partition coefficient (Wildman–Crippen LogP) is 2.51. The standard InChI is InChI=1S/C15H32N2O/c1-6-16-13(3)15(4,5)12-17-10-8-9-14(11-17)18-7-2/h13-14,16H,6-12H2,1-5H3. The van der Waals surface area contributed by atoms with E-state index in [0.29, 0.717) is 17.6 Å². The molecule has 18 heavy (non-hydrogen) atoms. The molecule has 0 amide bonds. The molecule has 1 aliphatic heterocycles. The van der Waals surface area contributed by atoms with Crippen LogP contribution >= 0.6 is 0 Å². The molecule has 0 bridgehead atoms. The molecule has 1 saturated heterocycles. The molecule has 1 aliphatic rings. The number of piperidine rings is 1. The van der Waals surface area contributed by atoms with Gasteiger partial charge in [0.1, 0.15) is 0 Å². The topological polar surface area (TPSA) is 24.5 Å². The molecular formula is C15H32N2O. The fourth-order valence-corrected chi connectivity index (χ4v) is 2.82. The zero-order chi connectivity index (χ0) is 13.6. The average molecular weight is 256 g/mol. The lowest BCUT2D eigenvalue weighted by Gasteiger charge is -2.40. The Hall–Kier alpha value is -0.120. The summed E-state index contributed by atoms with van der Waals surface area (Å²) in [6.07, 6.45) is 2.96. The van der Waals surface area contributed by atoms with E-state index < -0.39 is 0 Å². The number of rotatable bonds is 7. The van der Waals surface area contributed by atoms with Crippen molar-refractivity contribution in [2.24, 2.45) is 5.41 Å². The summed E-state index contributed by atoms with van der Waals surface area (Å²) in [5, 5.41) is 3.55. The first kappa shape index (κ1) is 15.9. The molecular weight excluding hydrogens is 224 g/mol. The van der Waals surface area contributed by atoms with Crippen molar-refractivity contribution in [2.75, 3.05) is 32.8 Å². The molecule has 0 saturated carbocycles. The lowest BCUT2D eigenvalue weighted by Crippen LogP contribution is -2.50. The Morgan fingerprint density at radius 1 is 1.39 bits per heavy atom. The van der Waals surface area contributed by atoms with Gasteiger partial charge in [0.05, 0.1) is 6.10 Å². The first-order valence-corrected chi connectivity index (χ1v) is 7.57. The maximum atomic E-state index is 5.78. The summed E-state index contributed by atoms with van der Waals surface area (Å²) in [7, 11) is 0. The summed E-state index contributed by atoms with van der Waals surface area (Å²) in [5.41, 5.74) is 0.310. The molecule has 2 atom stereocenters. The highest BCUT2D eigenvalue weighted by molar-refractivity contribution is 4.86. The number of likely N-dealkylation sites (tertiary alicyclic amines) is 1. The van der Waals surface area contributed by atoms with Gasteiger partial charge in [-0.3, -0.25) is 0 Å². The zero-order valence-corrected chi connectivity index (χ0v) is 13.0. The fraction of sp³-hybridized carbons (Fsp3) is 1.00. The SMILES string of the molecule is CCNC(C)C(C)(C)CN1CCCC(OCC)C1. The number of hydrogen-bond donors (Lipinski definition) is 1. The lowest BCUT2D eigenvalue weighted by molar-refractivity contribution is -0.00656. The second kappa shape index (κ2) is 7.46. The number of nitrogens with one attached hydrogen (secondary N) is 1. The highest BCUT2D eigenvalue weighted by Crippen LogP contribution is 2.24. The van der Waals surface area contributed by atoms with Crippen molar-refractivity contribution in [3.8, 4) is 0 Å². The first-order valence-electron chi connectivity index (χ1n) is 7.57. The fourth-order valence-electron chi connectivity index (χ4n) is 2.82. The van der Waals surface area contributed by atoms with Crippen LogP contribution < -0.4 is 5.32 Å². The molecule has 3 heteroatoms. The van der Waals surface area contributed by atoms with Crippen molar-refractivity contribution in [1.29, 1.82) is 0 Å². The molecule has 2 unspecified atom stereocenters. The monoisotopic (exact) mass is 256 g/mol. The minimum absolute atomic E-state index is 0.310. The quantitative estimate of drug-likeness (QED) is 0.757. The van der Waals surface area contributed by atoms with E-state index in [1.54, 1.807) is 0 Å². The Kier molecular flexibility index (Phi) is 6.61. The van der Waals surface area contributed by atoms with E-state index in [4.69, 9.17) is 4.74 Å². The Bertz CT molecular complexity index is 229. The molecule has 0 aromatic carbocycles. The number of nitrogens with zero attached hydrogens (tertiary/aromatic N) is 1. The van der Waals surface area contributed by atoms with E-state index in [1.807, 2.05) is 0 Å². The third-order valence-electron chi connectivity index (χ3n) is 4.18. The molecule has 0 radical (unpaired) electrons. The van der Waals surface area contributed by atoms with Gasteiger partial charge in [0.15, 0.2) is 0 Å². The summed E-state index contributed by atoms with van der Waals surface area (Å²) in [5.74, 6) is 0. The van der Waals surface area contributed by atoms with Crippen LogP contribution in [0.4, 0.5) is 0 Å². The van der Waals surface area contributed by atoms with Crippen LogP contribution in [0.25, 0.3) is 0 Å². The molecule has 1 fully saturated rings. The van der Waals surface area contributed by atoms with Crippen LogP contribution in [-0.4, -0.2) is 49.8 Å². The molecule has 0 aromatic rings. The van der Waals surface area contributed by atoms with Crippen molar-refractivity contribution in [3.63, 3.8) is 0 Å². The smallest absolute Gasteiger partial charge is 0.0702 e. The van der Waals surface area contributed by atoms with Gasteiger partial charge in [-0.15, -0.1) is 0 Å². The molecule has 0 spiro atoms. The molecule has 108 valence electrons. The van der Waals surface area contributed by atoms with Gasteiger partial charge in [-0.25, -0.2) is 0 Å². The van der Waals surface area contributed by atoms with Gasteiger partial charge in [0, 0.05) is 25.7 Å². The normalized spacial score (nSPS) is 24.2. The van der Waals surface area contributed by atoms with E-state index >= 15 is 0 Å². The molecule has 1 N–H and O–H groups in total. The Balaban J connectivity index is 2.44. The highest BCUT2D eigenvalue weighted by Gasteiger charge is 2.30. The van der Waals surface area contributed by atoms with Crippen LogP contribution in [0.2, 0.25) is 0 Å². The Labute approximate surface area is 113 Å². The van der Waals surface area contributed by atoms with Crippen molar-refractivity contribution < 1.29 is 4.74 Å². The predicted molar refractivity (Wildman–Crippen MR) is 78.0 cm³/mol. The second-order valence-corrected chi connectivity index (χ2v) is 6.22. The zero-order valence-electron chi connectivity index (χ0n) is 13.0. The van der Waals surface area contributed by atoms with Crippen LogP contribution in [0, 0.1) is 5.41 Å². The van der Waals surface area contributed by atoms with Gasteiger partial charge >= 0.3 is 0 Å². The molecule has 0 aromatic heterocycles. The summed E-state index contributed by atoms with van der Waals surface area (Å²) >= 11 is 0. The molecule has 1 rings (SSSR count). The number of hydrogen-bond acceptors (Lipinski definition) is 3. The molecule has 0 aliphatic carbocycles. The Morgan fingerprint density at radius 3 is 2.72 bits per heavy atom. The van der Waals surface area contributed by atoms with E-state index in [1.165, 1.54) is 19.4 Å². The summed E-state index contributed by atoms with van der Waals surface area (Å²) in [4.78, 5) is 2.58. The molecule has 1 heterocycles. The Morgan fingerprint density at radius 2 is 2.11 bits per heavy atom. The van der Waals surface area contributed by atoms with E-state index in [0.717, 1.165) is 26.2 Å². The third kappa shape index (κ3) is 4.87. The van der Waals surface area contributed by atoms with Crippen molar-refractivity contribution >= 4 is 0 Å². The van der Waals surface area contributed by atoms with Crippen molar-refractivity contribution in [3.05, 3.63) is 0 Å². The van der Waals surface area contributed by atoms with Crippen LogP contribution in [0.15, 0.2) is 0 Å². The van der Waals surface area contributed by atoms with E-state index in [9.17, 15) is 0 Å². The van der Waals surface area contributed by atoms with Gasteiger partial charge in [0.2, 0.25) is 0 Å². The summed E-state index contributed by atoms with van der Waals surface area (Å²) < 4.78 is 5.78. The van der Waals surface area contributed by atoms with Crippen molar-refractivity contribution in [1.82, 2.24) is 10.2 Å². The summed E-state index contributed by atoms with van der Waals surface area (Å²) in [6.45, 7) is 16.7. The minimum atomic E-state index is 0.310. The van der Waals surface area contributed by atoms with Gasteiger partial charge < -0.3 is 15.0 Å². The number of ether oxygens (including phenoxy) is 1. The van der Waals surface area contributed by atoms with Crippen LogP contribution in [0.1, 0.15) is 47.5 Å². The minimum Gasteiger partial charge on any atom is -0.377 e. The average Bonchev–Trinajstić information content (AvgIpc) is 2.29. The van der Waals surface area contributed by atoms with Crippen LogP contribution in [-0.2, 0) is 4.74 Å². The van der Waals surface area contributed by atoms with E-state index in [2.05, 4.69) is 44.8 Å². The maximum Gasteiger partial charge on any atom is 0.0702 e.